The van der Waals surface area contributed by atoms with Crippen LogP contribution in [0.25, 0.3) is 0 Å². The lowest BCUT2D eigenvalue weighted by Gasteiger charge is -2.27. The van der Waals surface area contributed by atoms with Gasteiger partial charge in [-0.25, -0.2) is 0 Å². The highest BCUT2D eigenvalue weighted by molar-refractivity contribution is 9.09. The summed E-state index contributed by atoms with van der Waals surface area (Å²) in [5, 5.41) is 0. The van der Waals surface area contributed by atoms with Gasteiger partial charge in [0.05, 0.1) is 6.10 Å². The minimum absolute atomic E-state index is 0.265. The number of nitrogens with zero attached hydrogens (tertiary/aromatic N) is 1. The number of amides is 1. The summed E-state index contributed by atoms with van der Waals surface area (Å²) >= 11 is 3.48. The molecule has 0 aromatic carbocycles. The van der Waals surface area contributed by atoms with Crippen molar-refractivity contribution in [2.75, 3.05) is 19.7 Å². The van der Waals surface area contributed by atoms with Crippen LogP contribution in [0.3, 0.4) is 0 Å². The molecule has 0 saturated carbocycles. The van der Waals surface area contributed by atoms with E-state index in [9.17, 15) is 4.79 Å². The number of carbonyl (C=O) groups is 1. The molecule has 2 atom stereocenters. The molecule has 4 heteroatoms. The van der Waals surface area contributed by atoms with Crippen LogP contribution in [0.5, 0.6) is 0 Å². The van der Waals surface area contributed by atoms with Gasteiger partial charge in [-0.1, -0.05) is 15.9 Å². The van der Waals surface area contributed by atoms with E-state index in [4.69, 9.17) is 4.74 Å². The highest BCUT2D eigenvalue weighted by Gasteiger charge is 2.29. The van der Waals surface area contributed by atoms with Crippen molar-refractivity contribution in [3.05, 3.63) is 0 Å². The lowest BCUT2D eigenvalue weighted by Crippen LogP contribution is -2.36. The minimum atomic E-state index is 0.265. The smallest absolute Gasteiger partial charge is 0.223 e. The molecular weight excluding hydrogens is 246 g/mol. The van der Waals surface area contributed by atoms with E-state index in [1.165, 1.54) is 12.8 Å². The van der Waals surface area contributed by atoms with Crippen LogP contribution in [0, 0.1) is 0 Å². The predicted octanol–water partition coefficient (Wildman–Crippen LogP) is 1.55. The van der Waals surface area contributed by atoms with E-state index in [1.807, 2.05) is 4.90 Å². The van der Waals surface area contributed by atoms with Gasteiger partial charge >= 0.3 is 0 Å². The summed E-state index contributed by atoms with van der Waals surface area (Å²) in [7, 11) is 0. The first kappa shape index (κ1) is 10.4. The molecule has 80 valence electrons. The highest BCUT2D eigenvalue weighted by atomic mass is 79.9. The monoisotopic (exact) mass is 261 g/mol. The van der Waals surface area contributed by atoms with Gasteiger partial charge in [-0.3, -0.25) is 4.79 Å². The molecule has 3 nitrogen and oxygen atoms in total. The van der Waals surface area contributed by atoms with Gasteiger partial charge in [0.15, 0.2) is 0 Å². The number of hydrogen-bond donors (Lipinski definition) is 0. The fourth-order valence-corrected chi connectivity index (χ4v) is 2.72. The molecule has 2 heterocycles. The predicted molar refractivity (Wildman–Crippen MR) is 57.5 cm³/mol. The van der Waals surface area contributed by atoms with E-state index in [0.717, 1.165) is 26.1 Å². The van der Waals surface area contributed by atoms with E-state index < -0.39 is 0 Å². The molecule has 0 aliphatic carbocycles. The molecule has 0 bridgehead atoms. The second-order valence-corrected chi connectivity index (χ2v) is 5.38. The minimum Gasteiger partial charge on any atom is -0.376 e. The van der Waals surface area contributed by atoms with Crippen LogP contribution >= 0.6 is 15.9 Å². The van der Waals surface area contributed by atoms with Crippen molar-refractivity contribution in [3.8, 4) is 0 Å². The molecule has 0 radical (unpaired) electrons. The molecule has 14 heavy (non-hydrogen) atoms. The number of alkyl halides is 1. The SMILES string of the molecule is O=C1CC(Br)CN1CC1CCCCO1. The summed E-state index contributed by atoms with van der Waals surface area (Å²) < 4.78 is 5.61. The van der Waals surface area contributed by atoms with Crippen LogP contribution in [0.4, 0.5) is 0 Å². The molecule has 0 spiro atoms. The second kappa shape index (κ2) is 4.62. The van der Waals surface area contributed by atoms with Gasteiger partial charge in [0, 0.05) is 30.9 Å². The van der Waals surface area contributed by atoms with Crippen molar-refractivity contribution in [3.63, 3.8) is 0 Å². The Morgan fingerprint density at radius 3 is 2.93 bits per heavy atom. The average molecular weight is 262 g/mol. The van der Waals surface area contributed by atoms with E-state index in [-0.39, 0.29) is 12.0 Å². The van der Waals surface area contributed by atoms with Crippen molar-refractivity contribution in [1.82, 2.24) is 4.90 Å². The Labute approximate surface area is 92.9 Å². The zero-order valence-electron chi connectivity index (χ0n) is 8.25. The summed E-state index contributed by atoms with van der Waals surface area (Å²) in [6.45, 7) is 2.50. The third kappa shape index (κ3) is 2.48. The Kier molecular flexibility index (Phi) is 3.44. The molecule has 2 aliphatic heterocycles. The Morgan fingerprint density at radius 1 is 1.50 bits per heavy atom. The quantitative estimate of drug-likeness (QED) is 0.707. The van der Waals surface area contributed by atoms with Crippen LogP contribution < -0.4 is 0 Å². The maximum Gasteiger partial charge on any atom is 0.223 e. The first-order valence-corrected chi connectivity index (χ1v) is 6.21. The van der Waals surface area contributed by atoms with Crippen molar-refractivity contribution in [2.45, 2.75) is 36.6 Å². The van der Waals surface area contributed by atoms with Gasteiger partial charge < -0.3 is 9.64 Å². The maximum absolute atomic E-state index is 11.5. The van der Waals surface area contributed by atoms with Gasteiger partial charge in [0.1, 0.15) is 0 Å². The summed E-state index contributed by atoms with van der Waals surface area (Å²) in [6, 6.07) is 0. The summed E-state index contributed by atoms with van der Waals surface area (Å²) in [6.07, 6.45) is 4.45. The molecule has 0 aromatic rings. The average Bonchev–Trinajstić information content (AvgIpc) is 2.47. The summed E-state index contributed by atoms with van der Waals surface area (Å²) in [5.74, 6) is 0.265. The van der Waals surface area contributed by atoms with Crippen LogP contribution in [-0.4, -0.2) is 41.4 Å². The number of hydrogen-bond acceptors (Lipinski definition) is 2. The molecule has 2 rings (SSSR count). The molecule has 1 amide bonds. The van der Waals surface area contributed by atoms with Crippen molar-refractivity contribution in [1.29, 1.82) is 0 Å². The zero-order chi connectivity index (χ0) is 9.97. The number of halogens is 1. The molecule has 0 N–H and O–H groups in total. The van der Waals surface area contributed by atoms with Crippen molar-refractivity contribution in [2.24, 2.45) is 0 Å². The Balaban J connectivity index is 1.81. The Hall–Kier alpha value is -0.0900. The largest absolute Gasteiger partial charge is 0.376 e. The zero-order valence-corrected chi connectivity index (χ0v) is 9.83. The van der Waals surface area contributed by atoms with E-state index in [2.05, 4.69) is 15.9 Å². The molecule has 2 unspecified atom stereocenters. The Morgan fingerprint density at radius 2 is 2.36 bits per heavy atom. The van der Waals surface area contributed by atoms with Gasteiger partial charge in [-0.05, 0) is 19.3 Å². The van der Waals surface area contributed by atoms with Gasteiger partial charge in [0.25, 0.3) is 0 Å². The topological polar surface area (TPSA) is 29.5 Å². The number of rotatable bonds is 2. The second-order valence-electron chi connectivity index (χ2n) is 4.09. The lowest BCUT2D eigenvalue weighted by molar-refractivity contribution is -0.130. The number of carbonyl (C=O) groups excluding carboxylic acids is 1. The van der Waals surface area contributed by atoms with Gasteiger partial charge in [-0.2, -0.15) is 0 Å². The lowest BCUT2D eigenvalue weighted by atomic mass is 10.1. The highest BCUT2D eigenvalue weighted by Crippen LogP contribution is 2.21. The molecule has 2 saturated heterocycles. The van der Waals surface area contributed by atoms with Crippen LogP contribution in [-0.2, 0) is 9.53 Å². The first-order chi connectivity index (χ1) is 6.75. The molecule has 2 fully saturated rings. The molecular formula is C10H16BrNO2. The Bertz CT molecular complexity index is 216. The molecule has 2 aliphatic rings. The van der Waals surface area contributed by atoms with Crippen LogP contribution in [0.1, 0.15) is 25.7 Å². The fourth-order valence-electron chi connectivity index (χ4n) is 2.10. The fraction of sp³-hybridized carbons (Fsp3) is 0.900. The van der Waals surface area contributed by atoms with E-state index >= 15 is 0 Å². The molecule has 0 aromatic heterocycles. The van der Waals surface area contributed by atoms with E-state index in [0.29, 0.717) is 11.2 Å². The number of ether oxygens (including phenoxy) is 1. The van der Waals surface area contributed by atoms with Gasteiger partial charge in [0.2, 0.25) is 5.91 Å². The third-order valence-electron chi connectivity index (χ3n) is 2.87. The maximum atomic E-state index is 11.5. The normalized spacial score (nSPS) is 33.8. The first-order valence-electron chi connectivity index (χ1n) is 5.29. The van der Waals surface area contributed by atoms with Crippen LogP contribution in [0.15, 0.2) is 0 Å². The summed E-state index contributed by atoms with van der Waals surface area (Å²) in [4.78, 5) is 13.8. The standard InChI is InChI=1S/C10H16BrNO2/c11-8-5-10(13)12(6-8)7-9-3-1-2-4-14-9/h8-9H,1-7H2. The van der Waals surface area contributed by atoms with Gasteiger partial charge in [-0.15, -0.1) is 0 Å². The van der Waals surface area contributed by atoms with E-state index in [1.54, 1.807) is 0 Å². The number of likely N-dealkylation sites (tertiary alicyclic amines) is 1. The van der Waals surface area contributed by atoms with Crippen molar-refractivity contribution < 1.29 is 9.53 Å². The third-order valence-corrected chi connectivity index (χ3v) is 3.48. The van der Waals surface area contributed by atoms with Crippen LogP contribution in [0.2, 0.25) is 0 Å². The summed E-state index contributed by atoms with van der Waals surface area (Å²) in [5.41, 5.74) is 0. The van der Waals surface area contributed by atoms with Crippen molar-refractivity contribution >= 4 is 21.8 Å².